The molecule has 0 radical (unpaired) electrons. The first-order valence-electron chi connectivity index (χ1n) is 11.1. The molecule has 0 spiro atoms. The monoisotopic (exact) mass is 504 g/mol. The van der Waals surface area contributed by atoms with E-state index in [2.05, 4.69) is 10.3 Å². The van der Waals surface area contributed by atoms with Gasteiger partial charge in [-0.1, -0.05) is 0 Å². The molecule has 1 saturated heterocycles. The van der Waals surface area contributed by atoms with Crippen LogP contribution in [-0.4, -0.2) is 42.0 Å². The maximum atomic E-state index is 14.0. The summed E-state index contributed by atoms with van der Waals surface area (Å²) in [6, 6.07) is 0.990. The number of nitrogens with one attached hydrogen (secondary N) is 1. The molecule has 2 aliphatic rings. The molecule has 2 aromatic rings. The summed E-state index contributed by atoms with van der Waals surface area (Å²) in [4.78, 5) is 18.1. The highest BCUT2D eigenvalue weighted by molar-refractivity contribution is 6.04. The molecule has 0 bridgehead atoms. The number of alkyl halides is 5. The number of halogens is 7. The number of aromatic nitrogens is 1. The molecule has 1 saturated carbocycles. The molecule has 1 aliphatic carbocycles. The van der Waals surface area contributed by atoms with Crippen molar-refractivity contribution in [2.75, 3.05) is 18.0 Å². The molecule has 0 unspecified atom stereocenters. The number of anilines is 1. The van der Waals surface area contributed by atoms with Gasteiger partial charge in [-0.25, -0.2) is 17.6 Å². The van der Waals surface area contributed by atoms with Crippen molar-refractivity contribution in [3.8, 4) is 11.1 Å². The lowest BCUT2D eigenvalue weighted by atomic mass is 9.91. The SMILES string of the molecule is N[C@H]1CCN(c2c(C(=O)NC3CCC(F)(F)CC3)cnc(C(F)(F)F)c2-c2cc(F)cc(F)c2)C1. The van der Waals surface area contributed by atoms with Gasteiger partial charge >= 0.3 is 6.18 Å². The zero-order chi connectivity index (χ0) is 25.5. The van der Waals surface area contributed by atoms with E-state index in [0.717, 1.165) is 18.3 Å². The third-order valence-corrected chi connectivity index (χ3v) is 6.31. The van der Waals surface area contributed by atoms with Crippen LogP contribution in [0.15, 0.2) is 24.4 Å². The Morgan fingerprint density at radius 3 is 2.26 bits per heavy atom. The average molecular weight is 504 g/mol. The zero-order valence-corrected chi connectivity index (χ0v) is 18.4. The molecule has 1 aliphatic heterocycles. The molecule has 2 heterocycles. The molecule has 1 atom stereocenters. The Kier molecular flexibility index (Phi) is 6.69. The summed E-state index contributed by atoms with van der Waals surface area (Å²) < 4.78 is 97.0. The lowest BCUT2D eigenvalue weighted by Gasteiger charge is -2.30. The minimum atomic E-state index is -5.00. The Labute approximate surface area is 196 Å². The van der Waals surface area contributed by atoms with Crippen LogP contribution in [0.1, 0.15) is 48.2 Å². The summed E-state index contributed by atoms with van der Waals surface area (Å²) in [5, 5.41) is 2.61. The number of nitrogens with zero attached hydrogens (tertiary/aromatic N) is 2. The maximum absolute atomic E-state index is 14.0. The fourth-order valence-electron chi connectivity index (χ4n) is 4.62. The molecule has 35 heavy (non-hydrogen) atoms. The second-order valence-electron chi connectivity index (χ2n) is 9.00. The second kappa shape index (κ2) is 9.29. The Balaban J connectivity index is 1.84. The quantitative estimate of drug-likeness (QED) is 0.582. The van der Waals surface area contributed by atoms with Gasteiger partial charge in [-0.2, -0.15) is 13.2 Å². The summed E-state index contributed by atoms with van der Waals surface area (Å²) in [6.45, 7) is 0.297. The molecular formula is C23H23F7N4O. The van der Waals surface area contributed by atoms with E-state index >= 15 is 0 Å². The number of carbonyl (C=O) groups excluding carboxylic acids is 1. The molecule has 1 aromatic carbocycles. The van der Waals surface area contributed by atoms with Gasteiger partial charge in [0.15, 0.2) is 5.69 Å². The number of hydrogen-bond acceptors (Lipinski definition) is 4. The summed E-state index contributed by atoms with van der Waals surface area (Å²) in [5.41, 5.74) is 2.99. The third kappa shape index (κ3) is 5.52. The van der Waals surface area contributed by atoms with Gasteiger partial charge in [-0.15, -0.1) is 0 Å². The topological polar surface area (TPSA) is 71.2 Å². The predicted molar refractivity (Wildman–Crippen MR) is 114 cm³/mol. The first-order valence-corrected chi connectivity index (χ1v) is 11.1. The van der Waals surface area contributed by atoms with Crippen LogP contribution in [0.2, 0.25) is 0 Å². The minimum Gasteiger partial charge on any atom is -0.369 e. The first kappa shape index (κ1) is 25.2. The normalized spacial score (nSPS) is 20.8. The van der Waals surface area contributed by atoms with Gasteiger partial charge in [0, 0.05) is 55.8 Å². The predicted octanol–water partition coefficient (Wildman–Crippen LogP) is 4.89. The molecule has 190 valence electrons. The molecular weight excluding hydrogens is 481 g/mol. The highest BCUT2D eigenvalue weighted by atomic mass is 19.4. The van der Waals surface area contributed by atoms with Gasteiger partial charge in [0.05, 0.1) is 11.3 Å². The number of nitrogens with two attached hydrogens (primary N) is 1. The van der Waals surface area contributed by atoms with Gasteiger partial charge in [0.1, 0.15) is 11.6 Å². The van der Waals surface area contributed by atoms with E-state index < -0.39 is 71.4 Å². The van der Waals surface area contributed by atoms with Crippen molar-refractivity contribution in [3.63, 3.8) is 0 Å². The summed E-state index contributed by atoms with van der Waals surface area (Å²) in [7, 11) is 0. The number of amides is 1. The summed E-state index contributed by atoms with van der Waals surface area (Å²) in [5.74, 6) is -5.84. The van der Waals surface area contributed by atoms with E-state index in [-0.39, 0.29) is 37.2 Å². The lowest BCUT2D eigenvalue weighted by Crippen LogP contribution is -2.41. The van der Waals surface area contributed by atoms with E-state index in [1.807, 2.05) is 0 Å². The Hall–Kier alpha value is -2.89. The zero-order valence-electron chi connectivity index (χ0n) is 18.4. The highest BCUT2D eigenvalue weighted by Gasteiger charge is 2.41. The van der Waals surface area contributed by atoms with E-state index in [1.165, 1.54) is 4.90 Å². The van der Waals surface area contributed by atoms with Crippen molar-refractivity contribution < 1.29 is 35.5 Å². The van der Waals surface area contributed by atoms with Crippen LogP contribution in [0, 0.1) is 11.6 Å². The maximum Gasteiger partial charge on any atom is 0.434 e. The van der Waals surface area contributed by atoms with Gasteiger partial charge < -0.3 is 16.0 Å². The van der Waals surface area contributed by atoms with Gasteiger partial charge in [-0.3, -0.25) is 9.78 Å². The van der Waals surface area contributed by atoms with Crippen LogP contribution in [0.4, 0.5) is 36.4 Å². The van der Waals surface area contributed by atoms with E-state index in [0.29, 0.717) is 12.5 Å². The van der Waals surface area contributed by atoms with Crippen LogP contribution in [0.3, 0.4) is 0 Å². The molecule has 4 rings (SSSR count). The van der Waals surface area contributed by atoms with E-state index in [9.17, 15) is 35.5 Å². The van der Waals surface area contributed by atoms with Crippen molar-refractivity contribution in [2.45, 2.75) is 56.3 Å². The van der Waals surface area contributed by atoms with Gasteiger partial charge in [0.25, 0.3) is 5.91 Å². The molecule has 12 heteroatoms. The average Bonchev–Trinajstić information content (AvgIpc) is 3.18. The summed E-state index contributed by atoms with van der Waals surface area (Å²) >= 11 is 0. The second-order valence-corrected chi connectivity index (χ2v) is 9.00. The van der Waals surface area contributed by atoms with Crippen LogP contribution in [-0.2, 0) is 6.18 Å². The van der Waals surface area contributed by atoms with Crippen LogP contribution in [0.5, 0.6) is 0 Å². The number of pyridine rings is 1. The van der Waals surface area contributed by atoms with Crippen LogP contribution >= 0.6 is 0 Å². The summed E-state index contributed by atoms with van der Waals surface area (Å²) in [6.07, 6.45) is -4.68. The van der Waals surface area contributed by atoms with Gasteiger partial charge in [0.2, 0.25) is 5.92 Å². The third-order valence-electron chi connectivity index (χ3n) is 6.31. The van der Waals surface area contributed by atoms with Crippen LogP contribution in [0.25, 0.3) is 11.1 Å². The minimum absolute atomic E-state index is 0.00130. The number of benzene rings is 1. The Morgan fingerprint density at radius 1 is 1.09 bits per heavy atom. The van der Waals surface area contributed by atoms with Crippen LogP contribution < -0.4 is 16.0 Å². The largest absolute Gasteiger partial charge is 0.434 e. The standard InChI is InChI=1S/C23H23F7N4O/c24-13-7-12(8-14(25)9-13)18-19(34-6-3-15(31)11-34)17(10-32-20(18)23(28,29)30)21(35)33-16-1-4-22(26,27)5-2-16/h7-10,15-16H,1-6,11,31H2,(H,33,35)/t15-/m0/s1. The molecule has 1 amide bonds. The highest BCUT2D eigenvalue weighted by Crippen LogP contribution is 2.44. The van der Waals surface area contributed by atoms with E-state index in [4.69, 9.17) is 5.73 Å². The molecule has 3 N–H and O–H groups in total. The smallest absolute Gasteiger partial charge is 0.369 e. The molecule has 2 fully saturated rings. The van der Waals surface area contributed by atoms with Crippen molar-refractivity contribution in [1.29, 1.82) is 0 Å². The first-order chi connectivity index (χ1) is 16.3. The Bertz CT molecular complexity index is 1090. The fraction of sp³-hybridized carbons (Fsp3) is 0.478. The Morgan fingerprint density at radius 2 is 1.71 bits per heavy atom. The fourth-order valence-corrected chi connectivity index (χ4v) is 4.62. The number of rotatable bonds is 4. The van der Waals surface area contributed by atoms with E-state index in [1.54, 1.807) is 0 Å². The van der Waals surface area contributed by atoms with Crippen molar-refractivity contribution in [2.24, 2.45) is 5.73 Å². The molecule has 1 aromatic heterocycles. The molecule has 5 nitrogen and oxygen atoms in total. The number of hydrogen-bond donors (Lipinski definition) is 2. The van der Waals surface area contributed by atoms with Crippen molar-refractivity contribution >= 4 is 11.6 Å². The van der Waals surface area contributed by atoms with Gasteiger partial charge in [-0.05, 0) is 37.0 Å². The van der Waals surface area contributed by atoms with Crippen molar-refractivity contribution in [3.05, 3.63) is 47.3 Å². The van der Waals surface area contributed by atoms with Crippen molar-refractivity contribution in [1.82, 2.24) is 10.3 Å². The lowest BCUT2D eigenvalue weighted by molar-refractivity contribution is -0.140. The number of carbonyl (C=O) groups is 1.